The first-order chi connectivity index (χ1) is 19.6. The van der Waals surface area contributed by atoms with Crippen LogP contribution in [0.4, 0.5) is 31.1 Å². The lowest BCUT2D eigenvalue weighted by Crippen LogP contribution is -2.63. The maximum absolute atomic E-state index is 14.0. The Labute approximate surface area is 244 Å². The maximum atomic E-state index is 14.0. The normalized spacial score (nSPS) is 19.8. The molecule has 2 aromatic rings. The number of piperazine rings is 1. The third-order valence-electron chi connectivity index (χ3n) is 8.73. The van der Waals surface area contributed by atoms with E-state index in [0.717, 1.165) is 49.9 Å². The first kappa shape index (κ1) is 32.2. The minimum absolute atomic E-state index is 0.00425. The van der Waals surface area contributed by atoms with E-state index in [-0.39, 0.29) is 23.5 Å². The number of urea groups is 1. The molecule has 232 valence electrons. The molecule has 2 aromatic carbocycles. The fourth-order valence-corrected chi connectivity index (χ4v) is 6.44. The Kier molecular flexibility index (Phi) is 9.55. The molecule has 10 heteroatoms. The van der Waals surface area contributed by atoms with Gasteiger partial charge in [-0.2, -0.15) is 26.3 Å². The van der Waals surface area contributed by atoms with E-state index in [1.165, 1.54) is 30.7 Å². The molecule has 4 rings (SSSR count). The van der Waals surface area contributed by atoms with Crippen LogP contribution >= 0.6 is 0 Å². The van der Waals surface area contributed by atoms with E-state index in [1.54, 1.807) is 0 Å². The monoisotopic (exact) mass is 597 g/mol. The summed E-state index contributed by atoms with van der Waals surface area (Å²) in [7, 11) is 0. The zero-order valence-corrected chi connectivity index (χ0v) is 24.7. The summed E-state index contributed by atoms with van der Waals surface area (Å²) in [4.78, 5) is 20.0. The molecule has 2 aliphatic rings. The molecule has 0 N–H and O–H groups in total. The Bertz CT molecular complexity index is 1120. The van der Waals surface area contributed by atoms with Crippen molar-refractivity contribution in [2.75, 3.05) is 26.2 Å². The number of amides is 2. The van der Waals surface area contributed by atoms with Crippen molar-refractivity contribution in [3.63, 3.8) is 0 Å². The van der Waals surface area contributed by atoms with Crippen molar-refractivity contribution in [3.05, 3.63) is 70.8 Å². The van der Waals surface area contributed by atoms with Crippen LogP contribution in [0.25, 0.3) is 0 Å². The Morgan fingerprint density at radius 2 is 1.29 bits per heavy atom. The Morgan fingerprint density at radius 3 is 1.69 bits per heavy atom. The molecule has 1 saturated heterocycles. The smallest absolute Gasteiger partial charge is 0.322 e. The fourth-order valence-electron chi connectivity index (χ4n) is 6.44. The van der Waals surface area contributed by atoms with Gasteiger partial charge in [0, 0.05) is 32.2 Å². The highest BCUT2D eigenvalue weighted by molar-refractivity contribution is 5.75. The van der Waals surface area contributed by atoms with Gasteiger partial charge in [-0.25, -0.2) is 4.79 Å². The average molecular weight is 598 g/mol. The van der Waals surface area contributed by atoms with Crippen molar-refractivity contribution in [1.29, 1.82) is 0 Å². The van der Waals surface area contributed by atoms with Gasteiger partial charge in [-0.15, -0.1) is 0 Å². The van der Waals surface area contributed by atoms with E-state index in [2.05, 4.69) is 25.7 Å². The van der Waals surface area contributed by atoms with Gasteiger partial charge in [-0.3, -0.25) is 4.90 Å². The molecule has 0 unspecified atom stereocenters. The molecular weight excluding hydrogens is 556 g/mol. The Hall–Kier alpha value is -2.75. The average Bonchev–Trinajstić information content (AvgIpc) is 2.93. The van der Waals surface area contributed by atoms with E-state index < -0.39 is 29.5 Å². The highest BCUT2D eigenvalue weighted by atomic mass is 19.4. The van der Waals surface area contributed by atoms with Crippen LogP contribution in [0.5, 0.6) is 0 Å². The van der Waals surface area contributed by atoms with E-state index in [0.29, 0.717) is 37.3 Å². The van der Waals surface area contributed by atoms with Gasteiger partial charge < -0.3 is 9.80 Å². The summed E-state index contributed by atoms with van der Waals surface area (Å²) in [6.07, 6.45) is -3.64. The molecule has 0 spiro atoms. The van der Waals surface area contributed by atoms with Crippen LogP contribution < -0.4 is 0 Å². The summed E-state index contributed by atoms with van der Waals surface area (Å²) in [5.41, 5.74) is -0.809. The van der Waals surface area contributed by atoms with Gasteiger partial charge in [0.1, 0.15) is 0 Å². The van der Waals surface area contributed by atoms with Crippen LogP contribution in [0, 0.1) is 5.41 Å². The summed E-state index contributed by atoms with van der Waals surface area (Å²) in [6.45, 7) is 10.0. The van der Waals surface area contributed by atoms with Gasteiger partial charge in [0.25, 0.3) is 0 Å². The molecule has 1 aliphatic carbocycles. The minimum atomic E-state index is -4.50. The lowest BCUT2D eigenvalue weighted by molar-refractivity contribution is -0.138. The lowest BCUT2D eigenvalue weighted by Gasteiger charge is -2.51. The summed E-state index contributed by atoms with van der Waals surface area (Å²) >= 11 is 0. The first-order valence-electron chi connectivity index (χ1n) is 14.8. The summed E-state index contributed by atoms with van der Waals surface area (Å²) in [5, 5.41) is 0. The van der Waals surface area contributed by atoms with Crippen LogP contribution in [0.2, 0.25) is 0 Å². The van der Waals surface area contributed by atoms with Gasteiger partial charge in [-0.1, -0.05) is 64.3 Å². The third-order valence-corrected chi connectivity index (χ3v) is 8.73. The molecule has 1 atom stereocenters. The minimum Gasteiger partial charge on any atom is -0.322 e. The van der Waals surface area contributed by atoms with Crippen molar-refractivity contribution in [1.82, 2.24) is 14.7 Å². The van der Waals surface area contributed by atoms with Crippen LogP contribution in [0.15, 0.2) is 48.5 Å². The number of carbonyl (C=O) groups excluding carboxylic acids is 1. The topological polar surface area (TPSA) is 26.8 Å². The molecular formula is C32H41F6N3O. The van der Waals surface area contributed by atoms with E-state index >= 15 is 0 Å². The second kappa shape index (κ2) is 12.5. The number of hydrogen-bond acceptors (Lipinski definition) is 2. The van der Waals surface area contributed by atoms with E-state index in [1.807, 2.05) is 16.7 Å². The van der Waals surface area contributed by atoms with Crippen LogP contribution in [0.1, 0.15) is 88.1 Å². The number of carbonyl (C=O) groups is 1. The molecule has 1 heterocycles. The van der Waals surface area contributed by atoms with Crippen molar-refractivity contribution >= 4 is 6.03 Å². The number of alkyl halides is 6. The quantitative estimate of drug-likeness (QED) is 0.323. The number of nitrogens with zero attached hydrogens (tertiary/aromatic N) is 3. The van der Waals surface area contributed by atoms with Crippen LogP contribution in [-0.2, 0) is 12.4 Å². The molecule has 1 saturated carbocycles. The van der Waals surface area contributed by atoms with Gasteiger partial charge in [0.05, 0.1) is 23.2 Å². The van der Waals surface area contributed by atoms with Gasteiger partial charge >= 0.3 is 18.4 Å². The molecule has 1 aliphatic heterocycles. The Balaban J connectivity index is 1.68. The highest BCUT2D eigenvalue weighted by Crippen LogP contribution is 2.38. The molecule has 2 fully saturated rings. The molecule has 0 radical (unpaired) electrons. The van der Waals surface area contributed by atoms with Crippen molar-refractivity contribution in [3.8, 4) is 0 Å². The van der Waals surface area contributed by atoms with E-state index in [4.69, 9.17) is 0 Å². The predicted octanol–water partition coefficient (Wildman–Crippen LogP) is 8.62. The molecule has 4 nitrogen and oxygen atoms in total. The number of halogens is 6. The SMILES string of the molecule is CCN(C(=O)N1CCN(C(c2ccc(C(F)(F)F)cc2)c2ccc(C(F)(F)F)cc2)C[C@@H]1C(C)(C)C)C1CCCCC1. The zero-order chi connectivity index (χ0) is 30.9. The predicted molar refractivity (Wildman–Crippen MR) is 151 cm³/mol. The summed E-state index contributed by atoms with van der Waals surface area (Å²) < 4.78 is 80.0. The van der Waals surface area contributed by atoms with Crippen molar-refractivity contribution in [2.45, 2.75) is 90.3 Å². The lowest BCUT2D eigenvalue weighted by atomic mass is 9.83. The molecule has 0 aromatic heterocycles. The van der Waals surface area contributed by atoms with Gasteiger partial charge in [0.2, 0.25) is 0 Å². The summed E-state index contributed by atoms with van der Waals surface area (Å²) in [5.74, 6) is 0. The van der Waals surface area contributed by atoms with Crippen molar-refractivity contribution < 1.29 is 31.1 Å². The summed E-state index contributed by atoms with van der Waals surface area (Å²) in [6, 6.07) is 9.05. The molecule has 0 bridgehead atoms. The fraction of sp³-hybridized carbons (Fsp3) is 0.594. The number of benzene rings is 2. The number of hydrogen-bond donors (Lipinski definition) is 0. The van der Waals surface area contributed by atoms with Gasteiger partial charge in [-0.05, 0) is 60.6 Å². The largest absolute Gasteiger partial charge is 0.416 e. The number of rotatable bonds is 5. The second-order valence-electron chi connectivity index (χ2n) is 12.6. The third kappa shape index (κ3) is 7.24. The zero-order valence-electron chi connectivity index (χ0n) is 24.7. The second-order valence-corrected chi connectivity index (χ2v) is 12.6. The maximum Gasteiger partial charge on any atom is 0.416 e. The molecule has 42 heavy (non-hydrogen) atoms. The standard InChI is InChI=1S/C32H41F6N3O/c1-5-40(26-9-7-6-8-10-26)29(42)41-20-19-39(21-27(41)30(2,3)4)28(22-11-15-24(16-12-22)31(33,34)35)23-13-17-25(18-14-23)32(36,37)38/h11-18,26-28H,5-10,19-21H2,1-4H3/t27-/m1/s1. The van der Waals surface area contributed by atoms with Gasteiger partial charge in [0.15, 0.2) is 0 Å². The Morgan fingerprint density at radius 1 is 0.810 bits per heavy atom. The molecule has 2 amide bonds. The van der Waals surface area contributed by atoms with Crippen LogP contribution in [0.3, 0.4) is 0 Å². The highest BCUT2D eigenvalue weighted by Gasteiger charge is 2.43. The first-order valence-corrected chi connectivity index (χ1v) is 14.8. The van der Waals surface area contributed by atoms with Crippen LogP contribution in [-0.4, -0.2) is 59.0 Å². The van der Waals surface area contributed by atoms with Crippen molar-refractivity contribution in [2.24, 2.45) is 5.41 Å². The van der Waals surface area contributed by atoms with E-state index in [9.17, 15) is 31.1 Å².